The van der Waals surface area contributed by atoms with Crippen molar-refractivity contribution in [3.63, 3.8) is 0 Å². The summed E-state index contributed by atoms with van der Waals surface area (Å²) in [6.07, 6.45) is 2.65. The van der Waals surface area contributed by atoms with E-state index in [2.05, 4.69) is 0 Å². The number of carbonyl (C=O) groups excluding carboxylic acids is 3. The third-order valence-corrected chi connectivity index (χ3v) is 8.54. The molecule has 2 rings (SSSR count). The standard InChI is InChI=1S/C30H54N2O8/c1-11-12-14-30(15-13-16-38-21(2)33,24(34)39-22-17-26(3,4)31(36)27(5,6)18-22)25(35)40-23-19-28(7,8)32(37)29(9,10)20-23/h22-23,36-37H,11-20H2,1-10H3. The molecule has 0 aromatic heterocycles. The van der Waals surface area contributed by atoms with Gasteiger partial charge in [0, 0.05) is 54.8 Å². The number of hydrogen-bond donors (Lipinski definition) is 2. The van der Waals surface area contributed by atoms with Crippen molar-refractivity contribution in [2.45, 2.75) is 161 Å². The van der Waals surface area contributed by atoms with Crippen LogP contribution in [-0.4, -0.2) is 79.4 Å². The van der Waals surface area contributed by atoms with E-state index in [1.807, 2.05) is 62.3 Å². The molecule has 40 heavy (non-hydrogen) atoms. The average molecular weight is 571 g/mol. The Kier molecular flexibility index (Phi) is 10.9. The highest BCUT2D eigenvalue weighted by atomic mass is 16.6. The van der Waals surface area contributed by atoms with Gasteiger partial charge in [-0.2, -0.15) is 10.1 Å². The summed E-state index contributed by atoms with van der Waals surface area (Å²) in [6.45, 7) is 18.5. The average Bonchev–Trinajstić information content (AvgIpc) is 2.79. The topological polar surface area (TPSA) is 126 Å². The summed E-state index contributed by atoms with van der Waals surface area (Å²) in [5.74, 6) is -1.69. The first-order valence-electron chi connectivity index (χ1n) is 14.7. The fourth-order valence-corrected chi connectivity index (χ4v) is 6.74. The van der Waals surface area contributed by atoms with Crippen molar-refractivity contribution in [1.29, 1.82) is 0 Å². The van der Waals surface area contributed by atoms with Crippen LogP contribution in [0.1, 0.15) is 127 Å². The van der Waals surface area contributed by atoms with E-state index in [4.69, 9.17) is 14.2 Å². The zero-order valence-corrected chi connectivity index (χ0v) is 26.5. The van der Waals surface area contributed by atoms with Crippen LogP contribution in [0.5, 0.6) is 0 Å². The molecule has 2 fully saturated rings. The van der Waals surface area contributed by atoms with Gasteiger partial charge in [0.25, 0.3) is 0 Å². The normalized spacial score (nSPS) is 23.4. The monoisotopic (exact) mass is 570 g/mol. The summed E-state index contributed by atoms with van der Waals surface area (Å²) in [6, 6.07) is 0. The van der Waals surface area contributed by atoms with Gasteiger partial charge in [0.2, 0.25) is 0 Å². The second-order valence-electron chi connectivity index (χ2n) is 14.4. The third kappa shape index (κ3) is 7.95. The molecule has 0 spiro atoms. The fraction of sp³-hybridized carbons (Fsp3) is 0.900. The minimum atomic E-state index is -1.56. The zero-order chi connectivity index (χ0) is 30.7. The quantitative estimate of drug-likeness (QED) is 0.144. The number of hydrogen-bond acceptors (Lipinski definition) is 10. The maximum atomic E-state index is 14.1. The Bertz CT molecular complexity index is 821. The number of esters is 3. The summed E-state index contributed by atoms with van der Waals surface area (Å²) < 4.78 is 17.4. The first-order valence-corrected chi connectivity index (χ1v) is 14.7. The lowest BCUT2D eigenvalue weighted by molar-refractivity contribution is -0.263. The molecule has 0 aromatic rings. The molecule has 0 aromatic carbocycles. The summed E-state index contributed by atoms with van der Waals surface area (Å²) in [5.41, 5.74) is -4.10. The summed E-state index contributed by atoms with van der Waals surface area (Å²) >= 11 is 0. The number of hydroxylamine groups is 4. The molecule has 2 heterocycles. The molecule has 0 radical (unpaired) electrons. The fourth-order valence-electron chi connectivity index (χ4n) is 6.74. The Balaban J connectivity index is 2.39. The second-order valence-corrected chi connectivity index (χ2v) is 14.4. The zero-order valence-electron chi connectivity index (χ0n) is 26.5. The maximum absolute atomic E-state index is 14.1. The molecule has 2 N–H and O–H groups in total. The molecule has 2 saturated heterocycles. The van der Waals surface area contributed by atoms with Crippen molar-refractivity contribution in [2.75, 3.05) is 6.61 Å². The van der Waals surface area contributed by atoms with Crippen molar-refractivity contribution in [3.8, 4) is 0 Å². The third-order valence-electron chi connectivity index (χ3n) is 8.54. The molecule has 0 atom stereocenters. The van der Waals surface area contributed by atoms with Crippen molar-refractivity contribution >= 4 is 17.9 Å². The minimum absolute atomic E-state index is 0.0791. The van der Waals surface area contributed by atoms with E-state index < -0.39 is 57.7 Å². The van der Waals surface area contributed by atoms with Crippen molar-refractivity contribution < 1.29 is 39.0 Å². The van der Waals surface area contributed by atoms with Crippen LogP contribution in [0.4, 0.5) is 0 Å². The first-order chi connectivity index (χ1) is 18.2. The van der Waals surface area contributed by atoms with E-state index in [0.717, 1.165) is 6.42 Å². The van der Waals surface area contributed by atoms with E-state index >= 15 is 0 Å². The largest absolute Gasteiger partial charge is 0.466 e. The lowest BCUT2D eigenvalue weighted by Gasteiger charge is -2.51. The number of piperidine rings is 2. The van der Waals surface area contributed by atoms with Gasteiger partial charge in [-0.25, -0.2) is 0 Å². The maximum Gasteiger partial charge on any atom is 0.323 e. The van der Waals surface area contributed by atoms with Crippen LogP contribution in [0.2, 0.25) is 0 Å². The molecule has 10 nitrogen and oxygen atoms in total. The SMILES string of the molecule is CCCCC(CCCOC(C)=O)(C(=O)OC1CC(C)(C)N(O)C(C)(C)C1)C(=O)OC1CC(C)(C)N(O)C(C)(C)C1. The predicted octanol–water partition coefficient (Wildman–Crippen LogP) is 5.41. The molecule has 2 aliphatic rings. The van der Waals surface area contributed by atoms with Gasteiger partial charge in [0.05, 0.1) is 6.61 Å². The Morgan fingerprint density at radius 3 is 1.40 bits per heavy atom. The van der Waals surface area contributed by atoms with Crippen LogP contribution < -0.4 is 0 Å². The van der Waals surface area contributed by atoms with Crippen LogP contribution in [-0.2, 0) is 28.6 Å². The summed E-state index contributed by atoms with van der Waals surface area (Å²) in [7, 11) is 0. The molecule has 0 unspecified atom stereocenters. The number of nitrogens with zero attached hydrogens (tertiary/aromatic N) is 2. The van der Waals surface area contributed by atoms with Crippen molar-refractivity contribution in [3.05, 3.63) is 0 Å². The second kappa shape index (κ2) is 12.6. The van der Waals surface area contributed by atoms with Gasteiger partial charge >= 0.3 is 17.9 Å². The van der Waals surface area contributed by atoms with Crippen LogP contribution in [0.25, 0.3) is 0 Å². The summed E-state index contributed by atoms with van der Waals surface area (Å²) in [5, 5.41) is 24.1. The van der Waals surface area contributed by atoms with Gasteiger partial charge in [-0.3, -0.25) is 14.4 Å². The van der Waals surface area contributed by atoms with Crippen molar-refractivity contribution in [1.82, 2.24) is 10.1 Å². The van der Waals surface area contributed by atoms with Gasteiger partial charge in [0.15, 0.2) is 5.41 Å². The van der Waals surface area contributed by atoms with E-state index in [1.165, 1.54) is 17.1 Å². The van der Waals surface area contributed by atoms with Gasteiger partial charge in [-0.1, -0.05) is 19.8 Å². The summed E-state index contributed by atoms with van der Waals surface area (Å²) in [4.78, 5) is 39.6. The molecule has 0 amide bonds. The van der Waals surface area contributed by atoms with E-state index in [0.29, 0.717) is 38.5 Å². The van der Waals surface area contributed by atoms with Gasteiger partial charge in [-0.05, 0) is 74.7 Å². The van der Waals surface area contributed by atoms with Crippen LogP contribution in [0, 0.1) is 5.41 Å². The molecular formula is C30H54N2O8. The Labute approximate surface area is 240 Å². The highest BCUT2D eigenvalue weighted by molar-refractivity contribution is 6.00. The Morgan fingerprint density at radius 2 is 1.07 bits per heavy atom. The van der Waals surface area contributed by atoms with Crippen molar-refractivity contribution in [2.24, 2.45) is 5.41 Å². The molecule has 10 heteroatoms. The highest BCUT2D eigenvalue weighted by Crippen LogP contribution is 2.43. The molecule has 232 valence electrons. The first kappa shape index (κ1) is 34.5. The Hall–Kier alpha value is -1.75. The van der Waals surface area contributed by atoms with Crippen LogP contribution >= 0.6 is 0 Å². The number of ether oxygens (including phenoxy) is 3. The van der Waals surface area contributed by atoms with Crippen LogP contribution in [0.15, 0.2) is 0 Å². The lowest BCUT2D eigenvalue weighted by atomic mass is 9.77. The highest BCUT2D eigenvalue weighted by Gasteiger charge is 2.53. The number of rotatable bonds is 11. The number of carbonyl (C=O) groups is 3. The predicted molar refractivity (Wildman–Crippen MR) is 150 cm³/mol. The number of unbranched alkanes of at least 4 members (excludes halogenated alkanes) is 1. The van der Waals surface area contributed by atoms with E-state index in [-0.39, 0.29) is 19.4 Å². The minimum Gasteiger partial charge on any atom is -0.466 e. The molecule has 0 aliphatic carbocycles. The van der Waals surface area contributed by atoms with Crippen LogP contribution in [0.3, 0.4) is 0 Å². The molecular weight excluding hydrogens is 516 g/mol. The van der Waals surface area contributed by atoms with E-state index in [1.54, 1.807) is 0 Å². The van der Waals surface area contributed by atoms with E-state index in [9.17, 15) is 24.8 Å². The molecule has 0 bridgehead atoms. The molecule has 0 saturated carbocycles. The van der Waals surface area contributed by atoms with Gasteiger partial charge in [-0.15, -0.1) is 0 Å². The Morgan fingerprint density at radius 1 is 0.725 bits per heavy atom. The molecule has 2 aliphatic heterocycles. The lowest BCUT2D eigenvalue weighted by Crippen LogP contribution is -2.61. The van der Waals surface area contributed by atoms with Gasteiger partial charge < -0.3 is 24.6 Å². The smallest absolute Gasteiger partial charge is 0.323 e. The van der Waals surface area contributed by atoms with Gasteiger partial charge in [0.1, 0.15) is 12.2 Å².